The smallest absolute Gasteiger partial charge is 0.311 e. The van der Waals surface area contributed by atoms with E-state index in [1.165, 1.54) is 29.8 Å². The van der Waals surface area contributed by atoms with Gasteiger partial charge in [0.15, 0.2) is 6.61 Å². The number of esters is 1. The molecule has 0 saturated heterocycles. The highest BCUT2D eigenvalue weighted by Crippen LogP contribution is 2.19. The number of carbonyl (C=O) groups excluding carboxylic acids is 2. The minimum atomic E-state index is -0.359. The van der Waals surface area contributed by atoms with Gasteiger partial charge in [-0.2, -0.15) is 0 Å². The summed E-state index contributed by atoms with van der Waals surface area (Å²) in [5, 5.41) is 4.70. The highest BCUT2D eigenvalue weighted by atomic mass is 32.1. The average Bonchev–Trinajstić information content (AvgIpc) is 2.99. The van der Waals surface area contributed by atoms with Crippen molar-refractivity contribution in [2.45, 2.75) is 38.5 Å². The quantitative estimate of drug-likeness (QED) is 0.622. The average molecular weight is 307 g/mol. The minimum absolute atomic E-state index is 0.191. The molecule has 0 bridgehead atoms. The lowest BCUT2D eigenvalue weighted by Gasteiger charge is -2.12. The van der Waals surface area contributed by atoms with Crippen LogP contribution >= 0.6 is 11.3 Å². The zero-order valence-corrected chi connectivity index (χ0v) is 12.9. The fourth-order valence-corrected chi connectivity index (χ4v) is 2.99. The molecule has 1 amide bonds. The van der Waals surface area contributed by atoms with Crippen LogP contribution in [0.5, 0.6) is 0 Å². The summed E-state index contributed by atoms with van der Waals surface area (Å²) in [6, 6.07) is 3.77. The maximum Gasteiger partial charge on any atom is 0.311 e. The number of amides is 1. The monoisotopic (exact) mass is 307 g/mol. The molecule has 5 heteroatoms. The van der Waals surface area contributed by atoms with Crippen molar-refractivity contribution in [1.29, 1.82) is 0 Å². The van der Waals surface area contributed by atoms with Crippen molar-refractivity contribution in [3.8, 4) is 0 Å². The molecule has 0 aromatic carbocycles. The SMILES string of the molecule is O=C(COC(=O)Cc1cccs1)NCCC1=CCCCC1. The first-order chi connectivity index (χ1) is 10.2. The van der Waals surface area contributed by atoms with Crippen molar-refractivity contribution < 1.29 is 14.3 Å². The Kier molecular flexibility index (Phi) is 6.47. The van der Waals surface area contributed by atoms with Crippen LogP contribution in [0, 0.1) is 0 Å². The molecule has 0 aliphatic heterocycles. The molecule has 0 spiro atoms. The molecule has 1 N–H and O–H groups in total. The second-order valence-electron chi connectivity index (χ2n) is 5.12. The van der Waals surface area contributed by atoms with E-state index in [4.69, 9.17) is 4.74 Å². The zero-order chi connectivity index (χ0) is 14.9. The highest BCUT2D eigenvalue weighted by molar-refractivity contribution is 7.10. The van der Waals surface area contributed by atoms with Gasteiger partial charge in [0.25, 0.3) is 5.91 Å². The normalized spacial score (nSPS) is 14.4. The van der Waals surface area contributed by atoms with Crippen molar-refractivity contribution in [2.24, 2.45) is 0 Å². The Balaban J connectivity index is 1.56. The Labute approximate surface area is 129 Å². The molecule has 0 saturated carbocycles. The van der Waals surface area contributed by atoms with E-state index in [0.29, 0.717) is 6.54 Å². The number of allylic oxidation sites excluding steroid dienone is 1. The standard InChI is InChI=1S/C16H21NO3S/c18-15(17-9-8-13-5-2-1-3-6-13)12-20-16(19)11-14-7-4-10-21-14/h4-5,7,10H,1-3,6,8-9,11-12H2,(H,17,18). The fourth-order valence-electron chi connectivity index (χ4n) is 2.30. The molecule has 0 atom stereocenters. The molecule has 1 aromatic rings. The second kappa shape index (κ2) is 8.62. The van der Waals surface area contributed by atoms with Crippen LogP contribution in [-0.4, -0.2) is 25.0 Å². The molecule has 1 aliphatic rings. The number of rotatable bonds is 7. The molecule has 1 heterocycles. The van der Waals surface area contributed by atoms with Gasteiger partial charge in [0.1, 0.15) is 0 Å². The summed E-state index contributed by atoms with van der Waals surface area (Å²) in [6.07, 6.45) is 8.23. The summed E-state index contributed by atoms with van der Waals surface area (Å²) in [6.45, 7) is 0.427. The van der Waals surface area contributed by atoms with E-state index in [9.17, 15) is 9.59 Å². The summed E-state index contributed by atoms with van der Waals surface area (Å²) < 4.78 is 4.96. The first-order valence-electron chi connectivity index (χ1n) is 7.36. The number of thiophene rings is 1. The molecule has 2 rings (SSSR count). The first-order valence-corrected chi connectivity index (χ1v) is 8.24. The van der Waals surface area contributed by atoms with Gasteiger partial charge in [-0.1, -0.05) is 17.7 Å². The number of ether oxygens (including phenoxy) is 1. The van der Waals surface area contributed by atoms with Gasteiger partial charge in [0, 0.05) is 11.4 Å². The third kappa shape index (κ3) is 6.12. The predicted octanol–water partition coefficient (Wildman–Crippen LogP) is 2.84. The molecule has 0 radical (unpaired) electrons. The van der Waals surface area contributed by atoms with Crippen molar-refractivity contribution in [1.82, 2.24) is 5.32 Å². The molecule has 0 fully saturated rings. The number of carbonyl (C=O) groups is 2. The highest BCUT2D eigenvalue weighted by Gasteiger charge is 2.09. The molecular formula is C16H21NO3S. The molecule has 0 unspecified atom stereocenters. The van der Waals surface area contributed by atoms with Crippen LogP contribution in [0.4, 0.5) is 0 Å². The van der Waals surface area contributed by atoms with Crippen LogP contribution in [0.1, 0.15) is 37.0 Å². The van der Waals surface area contributed by atoms with Gasteiger partial charge in [0.05, 0.1) is 6.42 Å². The Morgan fingerprint density at radius 2 is 2.24 bits per heavy atom. The van der Waals surface area contributed by atoms with Gasteiger partial charge in [0.2, 0.25) is 0 Å². The Morgan fingerprint density at radius 3 is 2.95 bits per heavy atom. The first kappa shape index (κ1) is 15.8. The lowest BCUT2D eigenvalue weighted by atomic mass is 9.97. The topological polar surface area (TPSA) is 55.4 Å². The van der Waals surface area contributed by atoms with Gasteiger partial charge < -0.3 is 10.1 Å². The maximum atomic E-state index is 11.6. The fraction of sp³-hybridized carbons (Fsp3) is 0.500. The van der Waals surface area contributed by atoms with Crippen molar-refractivity contribution >= 4 is 23.2 Å². The maximum absolute atomic E-state index is 11.6. The lowest BCUT2D eigenvalue weighted by molar-refractivity contribution is -0.147. The number of hydrogen-bond donors (Lipinski definition) is 1. The Hall–Kier alpha value is -1.62. The summed E-state index contributed by atoms with van der Waals surface area (Å²) in [5.74, 6) is -0.589. The van der Waals surface area contributed by atoms with Gasteiger partial charge in [-0.05, 0) is 43.6 Å². The summed E-state index contributed by atoms with van der Waals surface area (Å²) >= 11 is 1.51. The summed E-state index contributed by atoms with van der Waals surface area (Å²) in [5.41, 5.74) is 1.43. The molecular weight excluding hydrogens is 286 g/mol. The Morgan fingerprint density at radius 1 is 1.33 bits per heavy atom. The molecule has 4 nitrogen and oxygen atoms in total. The largest absolute Gasteiger partial charge is 0.455 e. The van der Waals surface area contributed by atoms with E-state index in [-0.39, 0.29) is 24.9 Å². The third-order valence-electron chi connectivity index (χ3n) is 3.42. The molecule has 1 aliphatic carbocycles. The van der Waals surface area contributed by atoms with Crippen LogP contribution < -0.4 is 5.32 Å². The van der Waals surface area contributed by atoms with E-state index in [0.717, 1.165) is 24.1 Å². The van der Waals surface area contributed by atoms with Gasteiger partial charge in [-0.15, -0.1) is 11.3 Å². The lowest BCUT2D eigenvalue weighted by Crippen LogP contribution is -2.30. The van der Waals surface area contributed by atoms with Gasteiger partial charge >= 0.3 is 5.97 Å². The van der Waals surface area contributed by atoms with Gasteiger partial charge in [-0.25, -0.2) is 0 Å². The third-order valence-corrected chi connectivity index (χ3v) is 4.29. The van der Waals surface area contributed by atoms with E-state index in [1.807, 2.05) is 17.5 Å². The second-order valence-corrected chi connectivity index (χ2v) is 6.16. The van der Waals surface area contributed by atoms with Crippen LogP contribution in [0.25, 0.3) is 0 Å². The Bertz CT molecular complexity index is 494. The van der Waals surface area contributed by atoms with Crippen LogP contribution in [0.2, 0.25) is 0 Å². The van der Waals surface area contributed by atoms with Crippen LogP contribution in [0.3, 0.4) is 0 Å². The minimum Gasteiger partial charge on any atom is -0.455 e. The van der Waals surface area contributed by atoms with Crippen molar-refractivity contribution in [3.63, 3.8) is 0 Å². The molecule has 114 valence electrons. The van der Waals surface area contributed by atoms with Crippen molar-refractivity contribution in [2.75, 3.05) is 13.2 Å². The number of hydrogen-bond acceptors (Lipinski definition) is 4. The molecule has 21 heavy (non-hydrogen) atoms. The summed E-state index contributed by atoms with van der Waals surface area (Å²) in [7, 11) is 0. The van der Waals surface area contributed by atoms with Gasteiger partial charge in [-0.3, -0.25) is 9.59 Å². The van der Waals surface area contributed by atoms with Crippen LogP contribution in [0.15, 0.2) is 29.2 Å². The zero-order valence-electron chi connectivity index (χ0n) is 12.1. The van der Waals surface area contributed by atoms with E-state index < -0.39 is 0 Å². The number of nitrogens with one attached hydrogen (secondary N) is 1. The van der Waals surface area contributed by atoms with E-state index in [2.05, 4.69) is 11.4 Å². The van der Waals surface area contributed by atoms with Crippen LogP contribution in [-0.2, 0) is 20.7 Å². The molecule has 1 aromatic heterocycles. The summed E-state index contributed by atoms with van der Waals surface area (Å²) in [4.78, 5) is 24.1. The van der Waals surface area contributed by atoms with Crippen molar-refractivity contribution in [3.05, 3.63) is 34.0 Å². The van der Waals surface area contributed by atoms with E-state index >= 15 is 0 Å². The predicted molar refractivity (Wildman–Crippen MR) is 83.2 cm³/mol. The van der Waals surface area contributed by atoms with E-state index in [1.54, 1.807) is 0 Å².